The SMILES string of the molecule is Cc1cc(C)n(-c2ccc(N3CCN(C(=O)Nc4cccc(Cl)c4)CC3)nn2)n1. The maximum atomic E-state index is 12.5. The normalized spacial score (nSPS) is 14.2. The number of aromatic nitrogens is 4. The van der Waals surface area contributed by atoms with Gasteiger partial charge >= 0.3 is 6.03 Å². The van der Waals surface area contributed by atoms with Crippen molar-refractivity contribution < 1.29 is 4.79 Å². The average molecular weight is 412 g/mol. The summed E-state index contributed by atoms with van der Waals surface area (Å²) in [6.45, 7) is 6.53. The van der Waals surface area contributed by atoms with Crippen LogP contribution in [0.1, 0.15) is 11.4 Å². The van der Waals surface area contributed by atoms with Crippen LogP contribution in [0.4, 0.5) is 16.3 Å². The third-order valence-corrected chi connectivity index (χ3v) is 5.06. The summed E-state index contributed by atoms with van der Waals surface area (Å²) in [7, 11) is 0. The van der Waals surface area contributed by atoms with Crippen molar-refractivity contribution in [2.45, 2.75) is 13.8 Å². The molecule has 3 aromatic rings. The van der Waals surface area contributed by atoms with Crippen LogP contribution in [0.3, 0.4) is 0 Å². The first-order valence-corrected chi connectivity index (χ1v) is 9.81. The van der Waals surface area contributed by atoms with Crippen molar-refractivity contribution in [3.63, 3.8) is 0 Å². The van der Waals surface area contributed by atoms with Gasteiger partial charge in [-0.1, -0.05) is 17.7 Å². The fourth-order valence-electron chi connectivity index (χ4n) is 3.37. The van der Waals surface area contributed by atoms with Crippen molar-refractivity contribution >= 4 is 29.1 Å². The highest BCUT2D eigenvalue weighted by Crippen LogP contribution is 2.18. The van der Waals surface area contributed by atoms with Crippen molar-refractivity contribution in [2.24, 2.45) is 0 Å². The molecule has 0 unspecified atom stereocenters. The van der Waals surface area contributed by atoms with Gasteiger partial charge in [0.2, 0.25) is 0 Å². The molecule has 1 saturated heterocycles. The quantitative estimate of drug-likeness (QED) is 0.715. The van der Waals surface area contributed by atoms with Crippen LogP contribution < -0.4 is 10.2 Å². The van der Waals surface area contributed by atoms with Crippen molar-refractivity contribution in [2.75, 3.05) is 36.4 Å². The Bertz CT molecular complexity index is 1010. The molecule has 8 nitrogen and oxygen atoms in total. The monoisotopic (exact) mass is 411 g/mol. The predicted molar refractivity (Wildman–Crippen MR) is 113 cm³/mol. The lowest BCUT2D eigenvalue weighted by atomic mass is 10.3. The first kappa shape index (κ1) is 19.2. The molecule has 0 atom stereocenters. The summed E-state index contributed by atoms with van der Waals surface area (Å²) < 4.78 is 1.78. The van der Waals surface area contributed by atoms with Gasteiger partial charge < -0.3 is 15.1 Å². The molecular weight excluding hydrogens is 390 g/mol. The first-order valence-electron chi connectivity index (χ1n) is 9.43. The first-order chi connectivity index (χ1) is 14.0. The number of piperazine rings is 1. The molecule has 1 aliphatic rings. The minimum Gasteiger partial charge on any atom is -0.352 e. The standard InChI is InChI=1S/C20H22ClN7O/c1-14-12-15(2)28(25-14)19-7-6-18(23-24-19)26-8-10-27(11-9-26)20(29)22-17-5-3-4-16(21)13-17/h3-7,12-13H,8-11H2,1-2H3,(H,22,29). The van der Waals surface area contributed by atoms with E-state index in [1.165, 1.54) is 0 Å². The number of amides is 2. The highest BCUT2D eigenvalue weighted by Gasteiger charge is 2.22. The minimum atomic E-state index is -0.127. The zero-order valence-corrected chi connectivity index (χ0v) is 17.1. The number of halogens is 1. The number of rotatable bonds is 3. The Morgan fingerprint density at radius 2 is 1.72 bits per heavy atom. The minimum absolute atomic E-state index is 0.127. The van der Waals surface area contributed by atoms with Crippen molar-refractivity contribution in [3.05, 3.63) is 58.9 Å². The number of carbonyl (C=O) groups is 1. The lowest BCUT2D eigenvalue weighted by Gasteiger charge is -2.35. The Balaban J connectivity index is 1.35. The lowest BCUT2D eigenvalue weighted by molar-refractivity contribution is 0.208. The van der Waals surface area contributed by atoms with Gasteiger partial charge in [0.15, 0.2) is 11.6 Å². The number of nitrogens with one attached hydrogen (secondary N) is 1. The van der Waals surface area contributed by atoms with Crippen LogP contribution in [-0.2, 0) is 0 Å². The van der Waals surface area contributed by atoms with E-state index in [-0.39, 0.29) is 6.03 Å². The Kier molecular flexibility index (Phi) is 5.35. The number of nitrogens with zero attached hydrogens (tertiary/aromatic N) is 6. The molecule has 1 N–H and O–H groups in total. The number of anilines is 2. The van der Waals surface area contributed by atoms with E-state index in [1.807, 2.05) is 44.2 Å². The predicted octanol–water partition coefficient (Wildman–Crippen LogP) is 3.29. The van der Waals surface area contributed by atoms with Crippen LogP contribution in [0.15, 0.2) is 42.5 Å². The molecule has 0 bridgehead atoms. The van der Waals surface area contributed by atoms with Crippen molar-refractivity contribution in [1.29, 1.82) is 0 Å². The van der Waals surface area contributed by atoms with E-state index in [0.717, 1.165) is 17.2 Å². The number of hydrogen-bond donors (Lipinski definition) is 1. The maximum Gasteiger partial charge on any atom is 0.321 e. The molecule has 0 aliphatic carbocycles. The van der Waals surface area contributed by atoms with E-state index >= 15 is 0 Å². The number of benzene rings is 1. The summed E-state index contributed by atoms with van der Waals surface area (Å²) in [6, 6.07) is 12.9. The van der Waals surface area contributed by atoms with Crippen LogP contribution in [-0.4, -0.2) is 57.1 Å². The Hall–Kier alpha value is -3.13. The number of carbonyl (C=O) groups excluding carboxylic acids is 1. The third-order valence-electron chi connectivity index (χ3n) is 4.83. The van der Waals surface area contributed by atoms with Crippen molar-refractivity contribution in [1.82, 2.24) is 24.9 Å². The molecule has 150 valence electrons. The van der Waals surface area contributed by atoms with Crippen LogP contribution in [0.2, 0.25) is 5.02 Å². The second kappa shape index (κ2) is 8.08. The second-order valence-electron chi connectivity index (χ2n) is 7.00. The van der Waals surface area contributed by atoms with Gasteiger partial charge in [0.1, 0.15) is 0 Å². The molecule has 1 aromatic carbocycles. The van der Waals surface area contributed by atoms with E-state index < -0.39 is 0 Å². The Labute approximate surface area is 174 Å². The number of hydrogen-bond acceptors (Lipinski definition) is 5. The van der Waals surface area contributed by atoms with Gasteiger partial charge in [0.05, 0.1) is 5.69 Å². The summed E-state index contributed by atoms with van der Waals surface area (Å²) in [5.74, 6) is 1.49. The van der Waals surface area contributed by atoms with Gasteiger partial charge in [-0.25, -0.2) is 9.48 Å². The summed E-state index contributed by atoms with van der Waals surface area (Å²) in [5.41, 5.74) is 2.65. The molecule has 1 aliphatic heterocycles. The largest absolute Gasteiger partial charge is 0.352 e. The topological polar surface area (TPSA) is 79.2 Å². The van der Waals surface area contributed by atoms with Crippen LogP contribution in [0.25, 0.3) is 5.82 Å². The molecule has 9 heteroatoms. The van der Waals surface area contributed by atoms with E-state index in [4.69, 9.17) is 11.6 Å². The summed E-state index contributed by atoms with van der Waals surface area (Å²) in [6.07, 6.45) is 0. The third kappa shape index (κ3) is 4.32. The van der Waals surface area contributed by atoms with Crippen LogP contribution >= 0.6 is 11.6 Å². The average Bonchev–Trinajstić information content (AvgIpc) is 3.06. The lowest BCUT2D eigenvalue weighted by Crippen LogP contribution is -2.50. The van der Waals surface area contributed by atoms with Gasteiger partial charge in [-0.05, 0) is 50.2 Å². The number of aryl methyl sites for hydroxylation is 2. The van der Waals surface area contributed by atoms with Crippen LogP contribution in [0, 0.1) is 13.8 Å². The molecule has 2 amide bonds. The fraction of sp³-hybridized carbons (Fsp3) is 0.300. The number of urea groups is 1. The molecule has 4 rings (SSSR count). The van der Waals surface area contributed by atoms with Gasteiger partial charge in [0.25, 0.3) is 0 Å². The van der Waals surface area contributed by atoms with E-state index in [0.29, 0.717) is 42.7 Å². The molecule has 3 heterocycles. The van der Waals surface area contributed by atoms with Crippen LogP contribution in [0.5, 0.6) is 0 Å². The molecular formula is C20H22ClN7O. The molecule has 2 aromatic heterocycles. The molecule has 0 radical (unpaired) electrons. The van der Waals surface area contributed by atoms with Gasteiger partial charge in [-0.2, -0.15) is 5.10 Å². The van der Waals surface area contributed by atoms with Gasteiger partial charge in [-0.3, -0.25) is 0 Å². The maximum absolute atomic E-state index is 12.5. The smallest absolute Gasteiger partial charge is 0.321 e. The van der Waals surface area contributed by atoms with E-state index in [9.17, 15) is 4.79 Å². The van der Waals surface area contributed by atoms with E-state index in [1.54, 1.807) is 21.7 Å². The molecule has 29 heavy (non-hydrogen) atoms. The summed E-state index contributed by atoms with van der Waals surface area (Å²) in [5, 5.41) is 16.6. The van der Waals surface area contributed by atoms with Gasteiger partial charge in [0, 0.05) is 42.6 Å². The second-order valence-corrected chi connectivity index (χ2v) is 7.44. The highest BCUT2D eigenvalue weighted by atomic mass is 35.5. The molecule has 1 fully saturated rings. The zero-order valence-electron chi connectivity index (χ0n) is 16.3. The highest BCUT2D eigenvalue weighted by molar-refractivity contribution is 6.30. The van der Waals surface area contributed by atoms with Gasteiger partial charge in [-0.15, -0.1) is 10.2 Å². The van der Waals surface area contributed by atoms with E-state index in [2.05, 4.69) is 25.5 Å². The fourth-order valence-corrected chi connectivity index (χ4v) is 3.56. The zero-order chi connectivity index (χ0) is 20.4. The Morgan fingerprint density at radius 3 is 2.34 bits per heavy atom. The molecule has 0 saturated carbocycles. The summed E-state index contributed by atoms with van der Waals surface area (Å²) in [4.78, 5) is 16.4. The Morgan fingerprint density at radius 1 is 1.00 bits per heavy atom. The summed E-state index contributed by atoms with van der Waals surface area (Å²) >= 11 is 5.97. The molecule has 0 spiro atoms. The van der Waals surface area contributed by atoms with Crippen molar-refractivity contribution in [3.8, 4) is 5.82 Å².